The number of piperidine rings is 1. The molecule has 55 heavy (non-hydrogen) atoms. The molecule has 2 saturated carbocycles. The quantitative estimate of drug-likeness (QED) is 0.118. The third kappa shape index (κ3) is 9.82. The van der Waals surface area contributed by atoms with E-state index in [0.717, 1.165) is 49.9 Å². The van der Waals surface area contributed by atoms with E-state index in [1.165, 1.54) is 12.8 Å². The van der Waals surface area contributed by atoms with Crippen molar-refractivity contribution in [2.45, 2.75) is 107 Å². The molecule has 0 unspecified atom stereocenters. The lowest BCUT2D eigenvalue weighted by Crippen LogP contribution is -2.76. The second kappa shape index (κ2) is 20.0. The smallest absolute Gasteiger partial charge is 0.415 e. The van der Waals surface area contributed by atoms with Crippen LogP contribution in [0.3, 0.4) is 0 Å². The van der Waals surface area contributed by atoms with Crippen LogP contribution in [0.1, 0.15) is 88.2 Å². The van der Waals surface area contributed by atoms with Crippen LogP contribution in [-0.2, 0) is 40.4 Å². The van der Waals surface area contributed by atoms with E-state index in [0.29, 0.717) is 128 Å². The molecule has 308 valence electrons. The summed E-state index contributed by atoms with van der Waals surface area (Å²) in [6.45, 7) is 7.60. The Bertz CT molecular complexity index is 1440. The summed E-state index contributed by atoms with van der Waals surface area (Å²) >= 11 is 0. The standard InChI is InChI=1S/C41H64N4O10/c1-50-22-23-52-26-27-53-25-24-51-21-7-2-8-35(47)43-17-4-6-19-44(18-5-3-16-42)39(48)54-33-12-11-31-28-34-41(49)14-13-32(46)38-40(41,36(31)37(33)55-38)15-20-45(34)29-30-9-10-30/h11-12,30,34,38,49H,2-10,13-29,42H2,1H3,(H,43,47)/t34-,38+,40+,41-/m1/s1. The highest BCUT2D eigenvalue weighted by molar-refractivity contribution is 5.90. The summed E-state index contributed by atoms with van der Waals surface area (Å²) in [6.07, 6.45) is 8.15. The lowest BCUT2D eigenvalue weighted by molar-refractivity contribution is -0.188. The van der Waals surface area contributed by atoms with Crippen molar-refractivity contribution >= 4 is 17.8 Å². The number of benzene rings is 1. The van der Waals surface area contributed by atoms with Gasteiger partial charge in [0.15, 0.2) is 23.4 Å². The minimum absolute atomic E-state index is 0.00630. The molecule has 0 radical (unpaired) electrons. The minimum atomic E-state index is -1.08. The van der Waals surface area contributed by atoms with Gasteiger partial charge in [-0.25, -0.2) is 4.79 Å². The molecule has 3 aliphatic carbocycles. The van der Waals surface area contributed by atoms with Crippen molar-refractivity contribution in [1.82, 2.24) is 15.1 Å². The molecular weight excluding hydrogens is 708 g/mol. The number of hydrogen-bond acceptors (Lipinski definition) is 12. The van der Waals surface area contributed by atoms with Gasteiger partial charge in [0.25, 0.3) is 0 Å². The molecule has 6 rings (SSSR count). The molecule has 1 saturated heterocycles. The number of ether oxygens (including phenoxy) is 6. The van der Waals surface area contributed by atoms with E-state index in [-0.39, 0.29) is 24.2 Å². The summed E-state index contributed by atoms with van der Waals surface area (Å²) < 4.78 is 33.9. The fraction of sp³-hybridized carbons (Fsp3) is 0.780. The van der Waals surface area contributed by atoms with Crippen molar-refractivity contribution in [3.05, 3.63) is 23.3 Å². The number of ketones is 1. The van der Waals surface area contributed by atoms with Gasteiger partial charge < -0.3 is 49.5 Å². The molecule has 2 amide bonds. The summed E-state index contributed by atoms with van der Waals surface area (Å²) in [6, 6.07) is 3.75. The SMILES string of the molecule is COCCOCCOCCOCCCCC(=O)NCCCCN(CCCCN)C(=O)Oc1ccc2c3c1O[C@H]1C(=O)CC[C@@]4(O)[C@@H](C2)N(CC2CC2)CC[C@]314. The Morgan fingerprint density at radius 1 is 0.964 bits per heavy atom. The zero-order chi connectivity index (χ0) is 38.7. The summed E-state index contributed by atoms with van der Waals surface area (Å²) in [5, 5.41) is 15.6. The summed E-state index contributed by atoms with van der Waals surface area (Å²) in [5.41, 5.74) is 5.82. The average Bonchev–Trinajstić information content (AvgIpc) is 3.92. The molecule has 14 heteroatoms. The van der Waals surface area contributed by atoms with Gasteiger partial charge in [0.2, 0.25) is 5.91 Å². The first-order chi connectivity index (χ1) is 26.8. The zero-order valence-corrected chi connectivity index (χ0v) is 32.9. The number of rotatable bonds is 26. The van der Waals surface area contributed by atoms with Crippen molar-refractivity contribution < 1.29 is 47.9 Å². The number of nitrogens with two attached hydrogens (primary N) is 1. The number of Topliss-reactive ketones (excluding diaryl/α,β-unsaturated/α-hetero) is 1. The molecule has 3 fully saturated rings. The molecule has 1 aromatic rings. The van der Waals surface area contributed by atoms with Crippen LogP contribution < -0.4 is 20.5 Å². The highest BCUT2D eigenvalue weighted by Crippen LogP contribution is 2.65. The number of amides is 2. The van der Waals surface area contributed by atoms with E-state index < -0.39 is 23.2 Å². The maximum Gasteiger partial charge on any atom is 0.415 e. The number of nitrogens with one attached hydrogen (secondary N) is 1. The Labute approximate surface area is 326 Å². The maximum atomic E-state index is 13.7. The Balaban J connectivity index is 0.948. The Morgan fingerprint density at radius 3 is 2.42 bits per heavy atom. The van der Waals surface area contributed by atoms with Crippen molar-refractivity contribution in [1.29, 1.82) is 0 Å². The van der Waals surface area contributed by atoms with Crippen LogP contribution in [0.5, 0.6) is 11.5 Å². The van der Waals surface area contributed by atoms with E-state index in [1.807, 2.05) is 6.07 Å². The van der Waals surface area contributed by atoms with Gasteiger partial charge in [-0.15, -0.1) is 0 Å². The number of nitrogens with zero attached hydrogens (tertiary/aromatic N) is 2. The largest absolute Gasteiger partial charge is 0.477 e. The highest BCUT2D eigenvalue weighted by Gasteiger charge is 2.73. The molecule has 2 bridgehead atoms. The number of carbonyl (C=O) groups excluding carboxylic acids is 3. The molecule has 5 aliphatic rings. The van der Waals surface area contributed by atoms with Crippen LogP contribution >= 0.6 is 0 Å². The first-order valence-electron chi connectivity index (χ1n) is 20.8. The first kappa shape index (κ1) is 41.8. The fourth-order valence-corrected chi connectivity index (χ4v) is 9.15. The van der Waals surface area contributed by atoms with Gasteiger partial charge in [0.1, 0.15) is 0 Å². The number of hydrogen-bond donors (Lipinski definition) is 3. The molecular formula is C41H64N4O10. The third-order valence-electron chi connectivity index (χ3n) is 12.2. The zero-order valence-electron chi connectivity index (χ0n) is 32.9. The van der Waals surface area contributed by atoms with Crippen molar-refractivity contribution in [3.63, 3.8) is 0 Å². The van der Waals surface area contributed by atoms with Crippen molar-refractivity contribution in [2.24, 2.45) is 11.7 Å². The number of aliphatic hydroxyl groups is 1. The van der Waals surface area contributed by atoms with E-state index >= 15 is 0 Å². The number of unbranched alkanes of at least 4 members (excludes halogenated alkanes) is 3. The molecule has 2 heterocycles. The highest BCUT2D eigenvalue weighted by atomic mass is 16.6. The predicted molar refractivity (Wildman–Crippen MR) is 204 cm³/mol. The second-order valence-corrected chi connectivity index (χ2v) is 15.9. The second-order valence-electron chi connectivity index (χ2n) is 15.9. The number of likely N-dealkylation sites (tertiary alicyclic amines) is 1. The number of methoxy groups -OCH3 is 1. The molecule has 0 aromatic heterocycles. The normalized spacial score (nSPS) is 25.0. The van der Waals surface area contributed by atoms with Crippen LogP contribution in [0.2, 0.25) is 0 Å². The van der Waals surface area contributed by atoms with E-state index in [4.69, 9.17) is 34.2 Å². The third-order valence-corrected chi connectivity index (χ3v) is 12.2. The molecule has 1 spiro atoms. The molecule has 4 N–H and O–H groups in total. The van der Waals surface area contributed by atoms with E-state index in [2.05, 4.69) is 10.2 Å². The summed E-state index contributed by atoms with van der Waals surface area (Å²) in [4.78, 5) is 43.8. The minimum Gasteiger partial charge on any atom is -0.477 e. The van der Waals surface area contributed by atoms with E-state index in [9.17, 15) is 19.5 Å². The molecule has 1 aromatic carbocycles. The van der Waals surface area contributed by atoms with Crippen molar-refractivity contribution in [3.8, 4) is 11.5 Å². The monoisotopic (exact) mass is 772 g/mol. The van der Waals surface area contributed by atoms with Gasteiger partial charge in [-0.1, -0.05) is 6.07 Å². The van der Waals surface area contributed by atoms with Crippen LogP contribution in [0.25, 0.3) is 0 Å². The number of carbonyl (C=O) groups is 3. The average molecular weight is 773 g/mol. The topological polar surface area (TPSA) is 171 Å². The van der Waals surface area contributed by atoms with Gasteiger partial charge in [0, 0.05) is 64.3 Å². The maximum absolute atomic E-state index is 13.7. The van der Waals surface area contributed by atoms with E-state index in [1.54, 1.807) is 18.1 Å². The molecule has 2 aliphatic heterocycles. The Kier molecular flexibility index (Phi) is 15.2. The van der Waals surface area contributed by atoms with Crippen LogP contribution in [0.4, 0.5) is 4.79 Å². The van der Waals surface area contributed by atoms with Gasteiger partial charge >= 0.3 is 6.09 Å². The van der Waals surface area contributed by atoms with Crippen LogP contribution in [0, 0.1) is 5.92 Å². The lowest BCUT2D eigenvalue weighted by atomic mass is 9.49. The summed E-state index contributed by atoms with van der Waals surface area (Å²) in [5.74, 6) is 1.46. The van der Waals surface area contributed by atoms with Crippen LogP contribution in [-0.4, -0.2) is 143 Å². The lowest BCUT2D eigenvalue weighted by Gasteiger charge is -2.62. The Morgan fingerprint density at radius 2 is 1.69 bits per heavy atom. The van der Waals surface area contributed by atoms with Gasteiger partial charge in [-0.3, -0.25) is 14.5 Å². The fourth-order valence-electron chi connectivity index (χ4n) is 9.15. The summed E-state index contributed by atoms with van der Waals surface area (Å²) in [7, 11) is 1.64. The van der Waals surface area contributed by atoms with Gasteiger partial charge in [0.05, 0.1) is 50.7 Å². The van der Waals surface area contributed by atoms with Crippen LogP contribution in [0.15, 0.2) is 12.1 Å². The van der Waals surface area contributed by atoms with Gasteiger partial charge in [-0.05, 0) is 101 Å². The molecule has 14 nitrogen and oxygen atoms in total. The first-order valence-corrected chi connectivity index (χ1v) is 20.8. The molecule has 4 atom stereocenters. The predicted octanol–water partition coefficient (Wildman–Crippen LogP) is 3.12. The Hall–Kier alpha value is -2.85. The van der Waals surface area contributed by atoms with Gasteiger partial charge in [-0.2, -0.15) is 0 Å². The van der Waals surface area contributed by atoms with Crippen molar-refractivity contribution in [2.75, 3.05) is 92.6 Å².